The zero-order valence-electron chi connectivity index (χ0n) is 14.8. The first-order chi connectivity index (χ1) is 12.1. The van der Waals surface area contributed by atoms with Gasteiger partial charge in [-0.2, -0.15) is 0 Å². The molecule has 0 bridgehead atoms. The molecule has 0 unspecified atom stereocenters. The third-order valence-corrected chi connectivity index (χ3v) is 4.90. The fraction of sp³-hybridized carbons (Fsp3) is 0.300. The molecule has 0 spiro atoms. The molecule has 0 aliphatic carbocycles. The summed E-state index contributed by atoms with van der Waals surface area (Å²) in [5, 5.41) is 9.25. The summed E-state index contributed by atoms with van der Waals surface area (Å²) in [7, 11) is 0. The van der Waals surface area contributed by atoms with Gasteiger partial charge >= 0.3 is 0 Å². The molecule has 0 saturated carbocycles. The standard InChI is InChI=1S/C20H23N3OS/c1-4-23(5-2)19(24)17-13(3)21-20(25)22-18(17)16-12-8-10-14-9-6-7-11-15(14)16/h6-12,18H,4-5H2,1-3H3,(H2,21,22,25)/t18-/m1/s1. The Kier molecular flexibility index (Phi) is 5.04. The predicted molar refractivity (Wildman–Crippen MR) is 106 cm³/mol. The van der Waals surface area contributed by atoms with Gasteiger partial charge < -0.3 is 15.5 Å². The molecule has 2 aromatic rings. The van der Waals surface area contributed by atoms with Crippen molar-refractivity contribution in [1.29, 1.82) is 0 Å². The van der Waals surface area contributed by atoms with Gasteiger partial charge in [0.15, 0.2) is 5.11 Å². The minimum atomic E-state index is -0.257. The first kappa shape index (κ1) is 17.4. The monoisotopic (exact) mass is 353 g/mol. The van der Waals surface area contributed by atoms with E-state index < -0.39 is 0 Å². The predicted octanol–water partition coefficient (Wildman–Crippen LogP) is 3.50. The Morgan fingerprint density at radius 2 is 1.80 bits per heavy atom. The number of nitrogens with one attached hydrogen (secondary N) is 2. The van der Waals surface area contributed by atoms with E-state index in [9.17, 15) is 4.79 Å². The number of hydrogen-bond acceptors (Lipinski definition) is 2. The van der Waals surface area contributed by atoms with Gasteiger partial charge in [-0.05, 0) is 49.3 Å². The van der Waals surface area contributed by atoms with E-state index >= 15 is 0 Å². The van der Waals surface area contributed by atoms with Crippen molar-refractivity contribution in [3.8, 4) is 0 Å². The minimum absolute atomic E-state index is 0.0444. The summed E-state index contributed by atoms with van der Waals surface area (Å²) in [6, 6.07) is 14.1. The summed E-state index contributed by atoms with van der Waals surface area (Å²) in [5.74, 6) is 0.0444. The Morgan fingerprint density at radius 3 is 2.52 bits per heavy atom. The van der Waals surface area contributed by atoms with Crippen LogP contribution >= 0.6 is 12.2 Å². The van der Waals surface area contributed by atoms with Crippen LogP contribution in [0.2, 0.25) is 0 Å². The van der Waals surface area contributed by atoms with Crippen LogP contribution in [0.15, 0.2) is 53.7 Å². The van der Waals surface area contributed by atoms with E-state index in [0.717, 1.165) is 27.6 Å². The summed E-state index contributed by atoms with van der Waals surface area (Å²) in [5.41, 5.74) is 2.61. The fourth-order valence-electron chi connectivity index (χ4n) is 3.39. The molecular formula is C20H23N3OS. The lowest BCUT2D eigenvalue weighted by atomic mass is 9.91. The molecule has 4 nitrogen and oxygen atoms in total. The number of thiocarbonyl (C=S) groups is 1. The van der Waals surface area contributed by atoms with Crippen molar-refractivity contribution in [2.45, 2.75) is 26.8 Å². The van der Waals surface area contributed by atoms with Gasteiger partial charge in [-0.15, -0.1) is 0 Å². The molecule has 1 aliphatic heterocycles. The second-order valence-corrected chi connectivity index (χ2v) is 6.52. The summed E-state index contributed by atoms with van der Waals surface area (Å²) >= 11 is 5.36. The summed E-state index contributed by atoms with van der Waals surface area (Å²) in [6.07, 6.45) is 0. The first-order valence-corrected chi connectivity index (χ1v) is 9.02. The number of nitrogens with zero attached hydrogens (tertiary/aromatic N) is 1. The maximum Gasteiger partial charge on any atom is 0.253 e. The van der Waals surface area contributed by atoms with Crippen molar-refractivity contribution in [3.05, 3.63) is 59.3 Å². The number of hydrogen-bond donors (Lipinski definition) is 2. The van der Waals surface area contributed by atoms with Crippen molar-refractivity contribution < 1.29 is 4.79 Å². The first-order valence-electron chi connectivity index (χ1n) is 8.62. The molecule has 25 heavy (non-hydrogen) atoms. The van der Waals surface area contributed by atoms with Crippen molar-refractivity contribution in [2.75, 3.05) is 13.1 Å². The highest BCUT2D eigenvalue weighted by molar-refractivity contribution is 7.80. The lowest BCUT2D eigenvalue weighted by molar-refractivity contribution is -0.127. The molecule has 130 valence electrons. The van der Waals surface area contributed by atoms with Crippen LogP contribution in [-0.2, 0) is 4.79 Å². The molecular weight excluding hydrogens is 330 g/mol. The maximum absolute atomic E-state index is 13.1. The number of carbonyl (C=O) groups excluding carboxylic acids is 1. The third kappa shape index (κ3) is 3.24. The van der Waals surface area contributed by atoms with E-state index in [1.165, 1.54) is 0 Å². The molecule has 0 radical (unpaired) electrons. The smallest absolute Gasteiger partial charge is 0.253 e. The molecule has 1 atom stereocenters. The highest BCUT2D eigenvalue weighted by atomic mass is 32.1. The Morgan fingerprint density at radius 1 is 1.12 bits per heavy atom. The number of carbonyl (C=O) groups is 1. The number of fused-ring (bicyclic) bond motifs is 1. The van der Waals surface area contributed by atoms with Crippen molar-refractivity contribution in [3.63, 3.8) is 0 Å². The topological polar surface area (TPSA) is 44.4 Å². The molecule has 0 aromatic heterocycles. The Bertz CT molecular complexity index is 850. The number of allylic oxidation sites excluding steroid dienone is 1. The molecule has 1 amide bonds. The van der Waals surface area contributed by atoms with Crippen molar-refractivity contribution in [2.24, 2.45) is 0 Å². The lowest BCUT2D eigenvalue weighted by Gasteiger charge is -2.33. The fourth-order valence-corrected chi connectivity index (χ4v) is 3.66. The third-order valence-electron chi connectivity index (χ3n) is 4.68. The maximum atomic E-state index is 13.1. The van der Waals surface area contributed by atoms with Crippen LogP contribution in [0.3, 0.4) is 0 Å². The van der Waals surface area contributed by atoms with Crippen molar-refractivity contribution >= 4 is 34.0 Å². The molecule has 2 N–H and O–H groups in total. The zero-order valence-corrected chi connectivity index (χ0v) is 15.6. The zero-order chi connectivity index (χ0) is 18.0. The SMILES string of the molecule is CCN(CC)C(=O)C1=C(C)NC(=S)N[C@@H]1c1cccc2ccccc12. The minimum Gasteiger partial charge on any atom is -0.351 e. The van der Waals surface area contributed by atoms with Crippen LogP contribution in [0, 0.1) is 0 Å². The largest absolute Gasteiger partial charge is 0.351 e. The van der Waals surface area contributed by atoms with Gasteiger partial charge in [0.25, 0.3) is 5.91 Å². The van der Waals surface area contributed by atoms with Crippen LogP contribution in [-0.4, -0.2) is 29.0 Å². The summed E-state index contributed by atoms with van der Waals surface area (Å²) < 4.78 is 0. The van der Waals surface area contributed by atoms with E-state index in [1.54, 1.807) is 0 Å². The van der Waals surface area contributed by atoms with Gasteiger partial charge in [-0.25, -0.2) is 0 Å². The van der Waals surface area contributed by atoms with Crippen LogP contribution < -0.4 is 10.6 Å². The Balaban J connectivity index is 2.16. The van der Waals surface area contributed by atoms with Crippen molar-refractivity contribution in [1.82, 2.24) is 15.5 Å². The van der Waals surface area contributed by atoms with E-state index in [0.29, 0.717) is 18.2 Å². The van der Waals surface area contributed by atoms with E-state index in [2.05, 4.69) is 34.9 Å². The molecule has 1 heterocycles. The van der Waals surface area contributed by atoms with E-state index in [4.69, 9.17) is 12.2 Å². The normalized spacial score (nSPS) is 17.2. The molecule has 3 rings (SSSR count). The van der Waals surface area contributed by atoms with E-state index in [1.807, 2.05) is 43.9 Å². The van der Waals surface area contributed by atoms with E-state index in [-0.39, 0.29) is 11.9 Å². The molecule has 2 aromatic carbocycles. The van der Waals surface area contributed by atoms with Gasteiger partial charge in [0.05, 0.1) is 11.6 Å². The van der Waals surface area contributed by atoms with Crippen LogP contribution in [0.1, 0.15) is 32.4 Å². The van der Waals surface area contributed by atoms with Gasteiger partial charge in [0, 0.05) is 18.8 Å². The number of rotatable bonds is 4. The van der Waals surface area contributed by atoms with Gasteiger partial charge in [-0.3, -0.25) is 4.79 Å². The summed E-state index contributed by atoms with van der Waals surface area (Å²) in [6.45, 7) is 7.27. The number of amides is 1. The van der Waals surface area contributed by atoms with Gasteiger partial charge in [0.2, 0.25) is 0 Å². The number of benzene rings is 2. The summed E-state index contributed by atoms with van der Waals surface area (Å²) in [4.78, 5) is 15.0. The quantitative estimate of drug-likeness (QED) is 0.826. The molecule has 1 aliphatic rings. The number of likely N-dealkylation sites (N-methyl/N-ethyl adjacent to an activating group) is 1. The molecule has 5 heteroatoms. The molecule has 0 saturated heterocycles. The second-order valence-electron chi connectivity index (χ2n) is 6.12. The van der Waals surface area contributed by atoms with Crippen LogP contribution in [0.5, 0.6) is 0 Å². The lowest BCUT2D eigenvalue weighted by Crippen LogP contribution is -2.47. The Labute approximate surface area is 153 Å². The van der Waals surface area contributed by atoms with Crippen LogP contribution in [0.4, 0.5) is 0 Å². The average molecular weight is 353 g/mol. The highest BCUT2D eigenvalue weighted by Crippen LogP contribution is 2.32. The second kappa shape index (κ2) is 7.23. The highest BCUT2D eigenvalue weighted by Gasteiger charge is 2.32. The van der Waals surface area contributed by atoms with Crippen LogP contribution in [0.25, 0.3) is 10.8 Å². The Hall–Kier alpha value is -2.40. The average Bonchev–Trinajstić information content (AvgIpc) is 2.61. The van der Waals surface area contributed by atoms with Gasteiger partial charge in [0.1, 0.15) is 0 Å². The van der Waals surface area contributed by atoms with Gasteiger partial charge in [-0.1, -0.05) is 42.5 Å². The molecule has 0 fully saturated rings.